The van der Waals surface area contributed by atoms with E-state index >= 15 is 0 Å². The van der Waals surface area contributed by atoms with Gasteiger partial charge in [0.25, 0.3) is 0 Å². The van der Waals surface area contributed by atoms with Gasteiger partial charge in [-0.25, -0.2) is 4.68 Å². The van der Waals surface area contributed by atoms with Crippen LogP contribution in [0, 0.1) is 0 Å². The van der Waals surface area contributed by atoms with E-state index in [-0.39, 0.29) is 0 Å². The summed E-state index contributed by atoms with van der Waals surface area (Å²) in [5.41, 5.74) is 3.49. The van der Waals surface area contributed by atoms with Gasteiger partial charge in [-0.05, 0) is 37.3 Å². The van der Waals surface area contributed by atoms with E-state index in [4.69, 9.17) is 24.0 Å². The number of benzene rings is 2. The summed E-state index contributed by atoms with van der Waals surface area (Å²) < 4.78 is 23.5. The molecule has 0 aliphatic heterocycles. The molecule has 0 aliphatic carbocycles. The molecule has 2 aromatic carbocycles. The lowest BCUT2D eigenvalue weighted by atomic mass is 10.1. The van der Waals surface area contributed by atoms with Crippen LogP contribution in [0.3, 0.4) is 0 Å². The molecule has 30 heavy (non-hydrogen) atoms. The van der Waals surface area contributed by atoms with Gasteiger partial charge in [0.2, 0.25) is 4.80 Å². The van der Waals surface area contributed by atoms with Crippen LogP contribution >= 0.6 is 11.3 Å². The summed E-state index contributed by atoms with van der Waals surface area (Å²) in [6.07, 6.45) is 0. The summed E-state index contributed by atoms with van der Waals surface area (Å²) in [7, 11) is 8.24. The van der Waals surface area contributed by atoms with Gasteiger partial charge < -0.3 is 18.9 Å². The maximum absolute atomic E-state index is 5.59. The van der Waals surface area contributed by atoms with Crippen molar-refractivity contribution in [2.45, 2.75) is 6.92 Å². The fourth-order valence-electron chi connectivity index (χ4n) is 3.01. The maximum Gasteiger partial charge on any atom is 0.205 e. The lowest BCUT2D eigenvalue weighted by Gasteiger charge is -2.12. The minimum atomic E-state index is 0.650. The number of nitrogens with zero attached hydrogens (tertiary/aromatic N) is 3. The summed E-state index contributed by atoms with van der Waals surface area (Å²) >= 11 is 1.51. The van der Waals surface area contributed by atoms with Crippen molar-refractivity contribution in [1.29, 1.82) is 0 Å². The molecular formula is C22H25N3O4S. The van der Waals surface area contributed by atoms with Gasteiger partial charge >= 0.3 is 0 Å². The molecule has 0 atom stereocenters. The molecule has 1 heterocycles. The first-order chi connectivity index (χ1) is 14.6. The van der Waals surface area contributed by atoms with E-state index in [0.717, 1.165) is 33.1 Å². The van der Waals surface area contributed by atoms with Crippen LogP contribution in [-0.4, -0.2) is 45.9 Å². The lowest BCUT2D eigenvalue weighted by Crippen LogP contribution is -2.14. The van der Waals surface area contributed by atoms with Crippen molar-refractivity contribution < 1.29 is 18.9 Å². The highest BCUT2D eigenvalue weighted by molar-refractivity contribution is 7.07. The van der Waals surface area contributed by atoms with Crippen molar-refractivity contribution in [3.63, 3.8) is 0 Å². The number of ether oxygens (including phenoxy) is 4. The number of hydrogen-bond acceptors (Lipinski definition) is 7. The molecule has 7 nitrogen and oxygen atoms in total. The quantitative estimate of drug-likeness (QED) is 0.534. The Bertz CT molecular complexity index is 1130. The topological polar surface area (TPSA) is 66.6 Å². The third-order valence-corrected chi connectivity index (χ3v) is 5.52. The second kappa shape index (κ2) is 9.49. The first kappa shape index (κ1) is 21.4. The Morgan fingerprint density at radius 2 is 1.60 bits per heavy atom. The van der Waals surface area contributed by atoms with E-state index in [1.165, 1.54) is 11.3 Å². The van der Waals surface area contributed by atoms with Crippen molar-refractivity contribution in [2.75, 3.05) is 35.5 Å². The lowest BCUT2D eigenvalue weighted by molar-refractivity contribution is 0.355. The van der Waals surface area contributed by atoms with Gasteiger partial charge in [0, 0.05) is 29.6 Å². The highest BCUT2D eigenvalue weighted by Gasteiger charge is 2.15. The molecule has 0 saturated carbocycles. The summed E-state index contributed by atoms with van der Waals surface area (Å²) in [6, 6.07) is 11.4. The minimum absolute atomic E-state index is 0.650. The Morgan fingerprint density at radius 3 is 2.23 bits per heavy atom. The fourth-order valence-corrected chi connectivity index (χ4v) is 3.80. The summed E-state index contributed by atoms with van der Waals surface area (Å²) in [5.74, 6) is 2.74. The minimum Gasteiger partial charge on any atom is -0.497 e. The van der Waals surface area contributed by atoms with E-state index in [1.54, 1.807) is 35.5 Å². The van der Waals surface area contributed by atoms with Gasteiger partial charge in [0.15, 0.2) is 11.5 Å². The second-order valence-corrected chi connectivity index (χ2v) is 7.10. The van der Waals surface area contributed by atoms with Gasteiger partial charge in [-0.3, -0.25) is 4.99 Å². The normalized spacial score (nSPS) is 12.1. The summed E-state index contributed by atoms with van der Waals surface area (Å²) in [6.45, 7) is 1.94. The maximum atomic E-state index is 5.59. The Kier molecular flexibility index (Phi) is 6.79. The van der Waals surface area contributed by atoms with Crippen LogP contribution < -0.4 is 23.7 Å². The van der Waals surface area contributed by atoms with Crippen molar-refractivity contribution in [3.05, 3.63) is 52.1 Å². The Labute approximate surface area is 179 Å². The van der Waals surface area contributed by atoms with E-state index < -0.39 is 0 Å². The molecule has 0 spiro atoms. The molecule has 3 rings (SSSR count). The van der Waals surface area contributed by atoms with Crippen molar-refractivity contribution in [1.82, 2.24) is 4.68 Å². The first-order valence-electron chi connectivity index (χ1n) is 9.20. The van der Waals surface area contributed by atoms with Crippen molar-refractivity contribution >= 4 is 17.0 Å². The van der Waals surface area contributed by atoms with Crippen LogP contribution in [0.1, 0.15) is 12.5 Å². The summed E-state index contributed by atoms with van der Waals surface area (Å²) in [4.78, 5) is 5.14. The average molecular weight is 428 g/mol. The molecule has 1 aromatic heterocycles. The summed E-state index contributed by atoms with van der Waals surface area (Å²) in [5, 5.41) is 6.86. The highest BCUT2D eigenvalue weighted by Crippen LogP contribution is 2.34. The van der Waals surface area contributed by atoms with Crippen molar-refractivity contribution in [2.24, 2.45) is 10.1 Å². The van der Waals surface area contributed by atoms with Gasteiger partial charge in [0.1, 0.15) is 11.5 Å². The van der Waals surface area contributed by atoms with Crippen LogP contribution in [0.2, 0.25) is 0 Å². The predicted molar refractivity (Wildman–Crippen MR) is 119 cm³/mol. The molecule has 0 amide bonds. The second-order valence-electron chi connectivity index (χ2n) is 6.26. The van der Waals surface area contributed by atoms with Crippen LogP contribution in [0.5, 0.6) is 23.0 Å². The van der Waals surface area contributed by atoms with Crippen LogP contribution in [-0.2, 0) is 0 Å². The first-order valence-corrected chi connectivity index (χ1v) is 10.1. The largest absolute Gasteiger partial charge is 0.497 e. The van der Waals surface area contributed by atoms with Gasteiger partial charge in [-0.2, -0.15) is 5.10 Å². The third kappa shape index (κ3) is 4.18. The molecule has 0 unspecified atom stereocenters. The fraction of sp³-hybridized carbons (Fsp3) is 0.273. The van der Waals surface area contributed by atoms with E-state index in [9.17, 15) is 0 Å². The van der Waals surface area contributed by atoms with Gasteiger partial charge in [0.05, 0.1) is 39.8 Å². The SMILES string of the molecule is CN=c1scc(-c2ccc(OC)cc2OC)n1N=C(C)c1ccc(OC)c(OC)c1. The average Bonchev–Trinajstić information content (AvgIpc) is 3.19. The number of thiazole rings is 1. The smallest absolute Gasteiger partial charge is 0.205 e. The van der Waals surface area contributed by atoms with E-state index in [1.807, 2.05) is 53.4 Å². The van der Waals surface area contributed by atoms with E-state index in [0.29, 0.717) is 17.2 Å². The molecule has 0 fully saturated rings. The number of aromatic nitrogens is 1. The predicted octanol–water partition coefficient (Wildman–Crippen LogP) is 4.05. The van der Waals surface area contributed by atoms with Crippen molar-refractivity contribution in [3.8, 4) is 34.3 Å². The third-order valence-electron chi connectivity index (χ3n) is 4.61. The Balaban J connectivity index is 2.13. The van der Waals surface area contributed by atoms with E-state index in [2.05, 4.69) is 4.99 Å². The zero-order valence-electron chi connectivity index (χ0n) is 17.9. The molecule has 0 aliphatic rings. The molecule has 0 saturated heterocycles. The Hall–Kier alpha value is -3.26. The molecule has 158 valence electrons. The Morgan fingerprint density at radius 1 is 0.867 bits per heavy atom. The molecule has 0 radical (unpaired) electrons. The van der Waals surface area contributed by atoms with Gasteiger partial charge in [-0.1, -0.05) is 0 Å². The van der Waals surface area contributed by atoms with Gasteiger partial charge in [-0.15, -0.1) is 11.3 Å². The van der Waals surface area contributed by atoms with Crippen LogP contribution in [0.25, 0.3) is 11.3 Å². The standard InChI is InChI=1S/C22H25N3O4S/c1-14(15-7-10-19(27-4)21(11-15)29-6)24-25-18(13-30-22(25)23-2)17-9-8-16(26-3)12-20(17)28-5/h7-13H,1-6H3. The van der Waals surface area contributed by atoms with Crippen LogP contribution in [0.4, 0.5) is 0 Å². The zero-order valence-corrected chi connectivity index (χ0v) is 18.7. The monoisotopic (exact) mass is 427 g/mol. The molecule has 0 N–H and O–H groups in total. The molecule has 8 heteroatoms. The number of hydrogen-bond donors (Lipinski definition) is 0. The number of rotatable bonds is 7. The van der Waals surface area contributed by atoms with Crippen LogP contribution in [0.15, 0.2) is 51.9 Å². The molecular weight excluding hydrogens is 402 g/mol. The molecule has 0 bridgehead atoms. The molecule has 3 aromatic rings. The highest BCUT2D eigenvalue weighted by atomic mass is 32.1. The zero-order chi connectivity index (χ0) is 21.7. The number of methoxy groups -OCH3 is 4.